The summed E-state index contributed by atoms with van der Waals surface area (Å²) in [5, 5.41) is 17.5. The molecule has 2 aromatic carbocycles. The van der Waals surface area contributed by atoms with E-state index in [1.165, 1.54) is 0 Å². The van der Waals surface area contributed by atoms with Crippen LogP contribution in [0.15, 0.2) is 48.5 Å². The fourth-order valence-corrected chi connectivity index (χ4v) is 1.39. The molecule has 0 fully saturated rings. The van der Waals surface area contributed by atoms with Crippen molar-refractivity contribution in [2.75, 3.05) is 0 Å². The zero-order chi connectivity index (χ0) is 12.1. The zero-order valence-corrected chi connectivity index (χ0v) is 8.92. The van der Waals surface area contributed by atoms with Crippen LogP contribution in [-0.2, 0) is 0 Å². The summed E-state index contributed by atoms with van der Waals surface area (Å²) in [4.78, 5) is 0. The van der Waals surface area contributed by atoms with Crippen molar-refractivity contribution in [3.8, 4) is 23.6 Å². The number of benzene rings is 2. The molecule has 3 heteroatoms. The second-order valence-corrected chi connectivity index (χ2v) is 3.38. The fourth-order valence-electron chi connectivity index (χ4n) is 1.39. The van der Waals surface area contributed by atoms with Gasteiger partial charge in [0, 0.05) is 0 Å². The minimum atomic E-state index is 0.541. The Labute approximate surface area is 99.1 Å². The first kappa shape index (κ1) is 10.7. The third kappa shape index (κ3) is 2.62. The van der Waals surface area contributed by atoms with Crippen LogP contribution in [0.1, 0.15) is 11.1 Å². The van der Waals surface area contributed by atoms with Crippen molar-refractivity contribution in [3.63, 3.8) is 0 Å². The van der Waals surface area contributed by atoms with Crippen molar-refractivity contribution in [3.05, 3.63) is 59.7 Å². The first-order chi connectivity index (χ1) is 8.31. The van der Waals surface area contributed by atoms with E-state index in [4.69, 9.17) is 15.3 Å². The van der Waals surface area contributed by atoms with Crippen LogP contribution in [0.4, 0.5) is 0 Å². The molecule has 0 aliphatic heterocycles. The van der Waals surface area contributed by atoms with Crippen molar-refractivity contribution < 1.29 is 4.74 Å². The zero-order valence-electron chi connectivity index (χ0n) is 8.92. The van der Waals surface area contributed by atoms with Gasteiger partial charge in [0.25, 0.3) is 0 Å². The molecule has 0 saturated heterocycles. The first-order valence-corrected chi connectivity index (χ1v) is 5.00. The molecule has 0 spiro atoms. The van der Waals surface area contributed by atoms with E-state index >= 15 is 0 Å². The largest absolute Gasteiger partial charge is 0.457 e. The SMILES string of the molecule is N#Cc1cccc(Oc2cccc(C#N)c2)c1. The third-order valence-electron chi connectivity index (χ3n) is 2.16. The number of hydrogen-bond acceptors (Lipinski definition) is 3. The molecule has 2 aromatic rings. The predicted octanol–water partition coefficient (Wildman–Crippen LogP) is 3.22. The molecule has 2 rings (SSSR count). The van der Waals surface area contributed by atoms with Crippen LogP contribution in [0, 0.1) is 22.7 Å². The summed E-state index contributed by atoms with van der Waals surface area (Å²) in [6.45, 7) is 0. The van der Waals surface area contributed by atoms with Crippen LogP contribution in [0.3, 0.4) is 0 Å². The minimum Gasteiger partial charge on any atom is -0.457 e. The van der Waals surface area contributed by atoms with Crippen LogP contribution in [0.2, 0.25) is 0 Å². The highest BCUT2D eigenvalue weighted by Gasteiger charge is 1.99. The van der Waals surface area contributed by atoms with Gasteiger partial charge in [0.15, 0.2) is 0 Å². The quantitative estimate of drug-likeness (QED) is 0.780. The van der Waals surface area contributed by atoms with E-state index in [2.05, 4.69) is 0 Å². The molecule has 0 unspecified atom stereocenters. The number of ether oxygens (including phenoxy) is 1. The molecule has 80 valence electrons. The maximum atomic E-state index is 8.76. The Balaban J connectivity index is 2.26. The lowest BCUT2D eigenvalue weighted by Gasteiger charge is -2.05. The maximum Gasteiger partial charge on any atom is 0.128 e. The number of nitrogens with zero attached hydrogens (tertiary/aromatic N) is 2. The van der Waals surface area contributed by atoms with E-state index in [1.54, 1.807) is 48.5 Å². The Bertz CT molecular complexity index is 565. The first-order valence-electron chi connectivity index (χ1n) is 5.00. The Morgan fingerprint density at radius 1 is 0.765 bits per heavy atom. The Hall–Kier alpha value is -2.78. The molecule has 0 bridgehead atoms. The van der Waals surface area contributed by atoms with Crippen LogP contribution in [-0.4, -0.2) is 0 Å². The topological polar surface area (TPSA) is 56.8 Å². The number of nitriles is 2. The van der Waals surface area contributed by atoms with Crippen molar-refractivity contribution in [1.29, 1.82) is 10.5 Å². The molecular weight excluding hydrogens is 212 g/mol. The van der Waals surface area contributed by atoms with Gasteiger partial charge in [-0.2, -0.15) is 10.5 Å². The van der Waals surface area contributed by atoms with E-state index in [-0.39, 0.29) is 0 Å². The molecule has 0 amide bonds. The second-order valence-electron chi connectivity index (χ2n) is 3.38. The molecule has 0 aromatic heterocycles. The van der Waals surface area contributed by atoms with E-state index in [9.17, 15) is 0 Å². The van der Waals surface area contributed by atoms with Gasteiger partial charge in [-0.1, -0.05) is 12.1 Å². The normalized spacial score (nSPS) is 9.06. The maximum absolute atomic E-state index is 8.76. The molecule has 0 N–H and O–H groups in total. The Morgan fingerprint density at radius 2 is 1.24 bits per heavy atom. The van der Waals surface area contributed by atoms with Crippen LogP contribution in [0.25, 0.3) is 0 Å². The Morgan fingerprint density at radius 3 is 1.65 bits per heavy atom. The van der Waals surface area contributed by atoms with Gasteiger partial charge in [-0.15, -0.1) is 0 Å². The van der Waals surface area contributed by atoms with Gasteiger partial charge in [0.1, 0.15) is 11.5 Å². The number of rotatable bonds is 2. The van der Waals surface area contributed by atoms with Gasteiger partial charge in [0.05, 0.1) is 23.3 Å². The van der Waals surface area contributed by atoms with Gasteiger partial charge in [-0.05, 0) is 36.4 Å². The molecule has 17 heavy (non-hydrogen) atoms. The average Bonchev–Trinajstić information content (AvgIpc) is 2.39. The summed E-state index contributed by atoms with van der Waals surface area (Å²) in [5.74, 6) is 1.17. The van der Waals surface area contributed by atoms with Crippen LogP contribution >= 0.6 is 0 Å². The van der Waals surface area contributed by atoms with Crippen LogP contribution < -0.4 is 4.74 Å². The predicted molar refractivity (Wildman–Crippen MR) is 62.4 cm³/mol. The molecule has 3 nitrogen and oxygen atoms in total. The fraction of sp³-hybridized carbons (Fsp3) is 0. The van der Waals surface area contributed by atoms with E-state index < -0.39 is 0 Å². The van der Waals surface area contributed by atoms with Crippen molar-refractivity contribution >= 4 is 0 Å². The van der Waals surface area contributed by atoms with Gasteiger partial charge in [0.2, 0.25) is 0 Å². The van der Waals surface area contributed by atoms with E-state index in [1.807, 2.05) is 12.1 Å². The molecule has 0 atom stereocenters. The van der Waals surface area contributed by atoms with Crippen molar-refractivity contribution in [1.82, 2.24) is 0 Å². The molecule has 0 radical (unpaired) electrons. The van der Waals surface area contributed by atoms with Gasteiger partial charge < -0.3 is 4.74 Å². The standard InChI is InChI=1S/C14H8N2O/c15-9-11-3-1-5-13(7-11)17-14-6-2-4-12(8-14)10-16/h1-8H. The highest BCUT2D eigenvalue weighted by molar-refractivity contribution is 5.41. The monoisotopic (exact) mass is 220 g/mol. The van der Waals surface area contributed by atoms with Crippen LogP contribution in [0.5, 0.6) is 11.5 Å². The van der Waals surface area contributed by atoms with Crippen molar-refractivity contribution in [2.45, 2.75) is 0 Å². The van der Waals surface area contributed by atoms with Gasteiger partial charge >= 0.3 is 0 Å². The summed E-state index contributed by atoms with van der Waals surface area (Å²) >= 11 is 0. The lowest BCUT2D eigenvalue weighted by atomic mass is 10.2. The van der Waals surface area contributed by atoms with Crippen molar-refractivity contribution in [2.24, 2.45) is 0 Å². The molecule has 0 aliphatic rings. The second kappa shape index (κ2) is 4.83. The van der Waals surface area contributed by atoms with Gasteiger partial charge in [-0.25, -0.2) is 0 Å². The summed E-state index contributed by atoms with van der Waals surface area (Å²) in [5.41, 5.74) is 1.08. The summed E-state index contributed by atoms with van der Waals surface area (Å²) in [7, 11) is 0. The lowest BCUT2D eigenvalue weighted by Crippen LogP contribution is -1.85. The van der Waals surface area contributed by atoms with E-state index in [0.29, 0.717) is 22.6 Å². The highest BCUT2D eigenvalue weighted by Crippen LogP contribution is 2.22. The summed E-state index contributed by atoms with van der Waals surface area (Å²) < 4.78 is 5.56. The smallest absolute Gasteiger partial charge is 0.128 e. The minimum absolute atomic E-state index is 0.541. The third-order valence-corrected chi connectivity index (χ3v) is 2.16. The van der Waals surface area contributed by atoms with Gasteiger partial charge in [-0.3, -0.25) is 0 Å². The molecule has 0 aliphatic carbocycles. The van der Waals surface area contributed by atoms with E-state index in [0.717, 1.165) is 0 Å². The summed E-state index contributed by atoms with van der Waals surface area (Å²) in [6.07, 6.45) is 0. The Kier molecular flexibility index (Phi) is 3.05. The number of hydrogen-bond donors (Lipinski definition) is 0. The highest BCUT2D eigenvalue weighted by atomic mass is 16.5. The molecule has 0 saturated carbocycles. The lowest BCUT2D eigenvalue weighted by molar-refractivity contribution is 0.482. The average molecular weight is 220 g/mol. The summed E-state index contributed by atoms with van der Waals surface area (Å²) in [6, 6.07) is 17.8. The molecular formula is C14H8N2O. The molecule has 0 heterocycles.